The highest BCUT2D eigenvalue weighted by Gasteiger charge is 2.26. The normalized spacial score (nSPS) is 14.1. The smallest absolute Gasteiger partial charge is 0.255 e. The molecular formula is C26H26BN7O2. The summed E-state index contributed by atoms with van der Waals surface area (Å²) in [5.41, 5.74) is 10.4. The standard InChI is InChI=1S/C26H26BN7O2/c1-16(35)30-22-9-5-3-7-19(22)26(36)33-12-10-17(11-13-33)31-24-14-23(18-6-2-4-8-21(18)28)32-25-20(27)15-29-34(24)25/h2-9,14-15,17,31H,10-13,28H2,1H3,(H,30,35). The molecule has 0 bridgehead atoms. The van der Waals surface area contributed by atoms with Gasteiger partial charge in [0, 0.05) is 49.6 Å². The Morgan fingerprint density at radius 1 is 1.08 bits per heavy atom. The summed E-state index contributed by atoms with van der Waals surface area (Å²) in [5.74, 6) is 0.458. The van der Waals surface area contributed by atoms with Gasteiger partial charge in [-0.15, -0.1) is 0 Å². The van der Waals surface area contributed by atoms with Crippen LogP contribution >= 0.6 is 0 Å². The average molecular weight is 479 g/mol. The van der Waals surface area contributed by atoms with Crippen molar-refractivity contribution >= 4 is 48.0 Å². The number of para-hydroxylation sites is 2. The van der Waals surface area contributed by atoms with Gasteiger partial charge in [-0.25, -0.2) is 4.98 Å². The van der Waals surface area contributed by atoms with Crippen molar-refractivity contribution in [3.63, 3.8) is 0 Å². The largest absolute Gasteiger partial charge is 0.398 e. The number of carbonyl (C=O) groups excluding carboxylic acids is 2. The van der Waals surface area contributed by atoms with Crippen LogP contribution in [0.3, 0.4) is 0 Å². The van der Waals surface area contributed by atoms with Crippen LogP contribution in [0.4, 0.5) is 17.2 Å². The third-order valence-corrected chi connectivity index (χ3v) is 6.34. The van der Waals surface area contributed by atoms with E-state index in [1.54, 1.807) is 35.0 Å². The highest BCUT2D eigenvalue weighted by Crippen LogP contribution is 2.28. The molecule has 2 aromatic carbocycles. The lowest BCUT2D eigenvalue weighted by Crippen LogP contribution is -2.42. The molecule has 2 amide bonds. The lowest BCUT2D eigenvalue weighted by molar-refractivity contribution is -0.114. The zero-order chi connectivity index (χ0) is 25.2. The van der Waals surface area contributed by atoms with E-state index in [-0.39, 0.29) is 17.9 Å². The number of amides is 2. The molecule has 1 aliphatic heterocycles. The van der Waals surface area contributed by atoms with E-state index >= 15 is 0 Å². The van der Waals surface area contributed by atoms with Crippen molar-refractivity contribution in [1.82, 2.24) is 19.5 Å². The third-order valence-electron chi connectivity index (χ3n) is 6.34. The van der Waals surface area contributed by atoms with Crippen LogP contribution in [-0.4, -0.2) is 58.3 Å². The van der Waals surface area contributed by atoms with Crippen molar-refractivity contribution in [1.29, 1.82) is 0 Å². The lowest BCUT2D eigenvalue weighted by Gasteiger charge is -2.33. The molecule has 0 unspecified atom stereocenters. The second-order valence-electron chi connectivity index (χ2n) is 8.89. The average Bonchev–Trinajstić information content (AvgIpc) is 3.25. The first-order chi connectivity index (χ1) is 17.4. The van der Waals surface area contributed by atoms with Crippen LogP contribution in [0.2, 0.25) is 0 Å². The summed E-state index contributed by atoms with van der Waals surface area (Å²) in [6.07, 6.45) is 3.08. The number of fused-ring (bicyclic) bond motifs is 1. The molecule has 0 spiro atoms. The molecule has 5 rings (SSSR count). The first-order valence-corrected chi connectivity index (χ1v) is 11.8. The number of nitrogen functional groups attached to an aromatic ring is 1. The molecule has 180 valence electrons. The Bertz CT molecular complexity index is 1440. The van der Waals surface area contributed by atoms with Crippen LogP contribution in [0.5, 0.6) is 0 Å². The number of carbonyl (C=O) groups is 2. The molecule has 4 aromatic rings. The van der Waals surface area contributed by atoms with Crippen LogP contribution < -0.4 is 21.8 Å². The number of rotatable bonds is 5. The summed E-state index contributed by atoms with van der Waals surface area (Å²) in [5, 5.41) is 10.7. The van der Waals surface area contributed by atoms with Crippen molar-refractivity contribution in [2.75, 3.05) is 29.5 Å². The summed E-state index contributed by atoms with van der Waals surface area (Å²) < 4.78 is 1.69. The summed E-state index contributed by atoms with van der Waals surface area (Å²) in [4.78, 5) is 31.2. The molecule has 36 heavy (non-hydrogen) atoms. The molecule has 1 saturated heterocycles. The second kappa shape index (κ2) is 9.73. The number of aromatic nitrogens is 3. The fraction of sp³-hybridized carbons (Fsp3) is 0.231. The molecule has 1 fully saturated rings. The van der Waals surface area contributed by atoms with Crippen molar-refractivity contribution in [2.45, 2.75) is 25.8 Å². The monoisotopic (exact) mass is 479 g/mol. The number of nitrogens with one attached hydrogen (secondary N) is 2. The molecule has 2 aromatic heterocycles. The van der Waals surface area contributed by atoms with Gasteiger partial charge in [-0.2, -0.15) is 9.61 Å². The number of nitrogens with zero attached hydrogens (tertiary/aromatic N) is 4. The Morgan fingerprint density at radius 2 is 1.81 bits per heavy atom. The van der Waals surface area contributed by atoms with E-state index in [1.165, 1.54) is 6.92 Å². The molecule has 2 radical (unpaired) electrons. The minimum atomic E-state index is -0.210. The van der Waals surface area contributed by atoms with E-state index in [4.69, 9.17) is 13.6 Å². The van der Waals surface area contributed by atoms with Crippen LogP contribution in [0, 0.1) is 0 Å². The molecule has 10 heteroatoms. The molecule has 0 atom stereocenters. The maximum Gasteiger partial charge on any atom is 0.255 e. The van der Waals surface area contributed by atoms with E-state index in [0.29, 0.717) is 46.8 Å². The van der Waals surface area contributed by atoms with Gasteiger partial charge >= 0.3 is 0 Å². The molecular weight excluding hydrogens is 453 g/mol. The van der Waals surface area contributed by atoms with Crippen LogP contribution in [0.25, 0.3) is 16.9 Å². The quantitative estimate of drug-likeness (QED) is 0.299. The SMILES string of the molecule is [B]c1cnn2c(NC3CCN(C(=O)c4ccccc4NC(C)=O)CC3)cc(-c3ccccc3N)nc12. The first kappa shape index (κ1) is 23.4. The van der Waals surface area contributed by atoms with Gasteiger partial charge < -0.3 is 21.3 Å². The summed E-state index contributed by atoms with van der Waals surface area (Å²) in [6.45, 7) is 2.59. The van der Waals surface area contributed by atoms with E-state index in [1.807, 2.05) is 35.2 Å². The Morgan fingerprint density at radius 3 is 2.56 bits per heavy atom. The molecule has 4 N–H and O–H groups in total. The zero-order valence-electron chi connectivity index (χ0n) is 19.9. The summed E-state index contributed by atoms with van der Waals surface area (Å²) in [7, 11) is 6.14. The lowest BCUT2D eigenvalue weighted by atomic mass is 10.0. The maximum atomic E-state index is 13.2. The van der Waals surface area contributed by atoms with Crippen LogP contribution in [0.1, 0.15) is 30.1 Å². The van der Waals surface area contributed by atoms with Gasteiger partial charge in [-0.3, -0.25) is 9.59 Å². The number of nitrogens with two attached hydrogens (primary N) is 1. The van der Waals surface area contributed by atoms with E-state index in [0.717, 1.165) is 24.2 Å². The zero-order valence-corrected chi connectivity index (χ0v) is 19.9. The molecule has 9 nitrogen and oxygen atoms in total. The summed E-state index contributed by atoms with van der Waals surface area (Å²) in [6, 6.07) is 16.7. The topological polar surface area (TPSA) is 118 Å². The van der Waals surface area contributed by atoms with Crippen LogP contribution in [-0.2, 0) is 4.79 Å². The number of hydrogen-bond donors (Lipinski definition) is 3. The van der Waals surface area contributed by atoms with Gasteiger partial charge in [0.2, 0.25) is 5.91 Å². The maximum absolute atomic E-state index is 13.2. The fourth-order valence-electron chi connectivity index (χ4n) is 4.53. The molecule has 3 heterocycles. The number of hydrogen-bond acceptors (Lipinski definition) is 6. The number of benzene rings is 2. The van der Waals surface area contributed by atoms with E-state index in [2.05, 4.69) is 20.7 Å². The number of likely N-dealkylation sites (tertiary alicyclic amines) is 1. The fourth-order valence-corrected chi connectivity index (χ4v) is 4.53. The second-order valence-corrected chi connectivity index (χ2v) is 8.89. The van der Waals surface area contributed by atoms with Gasteiger partial charge in [0.05, 0.1) is 16.9 Å². The van der Waals surface area contributed by atoms with Gasteiger partial charge in [-0.1, -0.05) is 30.3 Å². The highest BCUT2D eigenvalue weighted by atomic mass is 16.2. The van der Waals surface area contributed by atoms with Gasteiger partial charge in [0.1, 0.15) is 13.7 Å². The summed E-state index contributed by atoms with van der Waals surface area (Å²) >= 11 is 0. The van der Waals surface area contributed by atoms with Crippen molar-refractivity contribution < 1.29 is 9.59 Å². The van der Waals surface area contributed by atoms with Crippen molar-refractivity contribution in [3.05, 3.63) is 66.4 Å². The Kier molecular flexibility index (Phi) is 6.33. The Hall–Kier alpha value is -4.34. The first-order valence-electron chi connectivity index (χ1n) is 11.8. The van der Waals surface area contributed by atoms with E-state index < -0.39 is 0 Å². The predicted molar refractivity (Wildman–Crippen MR) is 142 cm³/mol. The molecule has 0 saturated carbocycles. The minimum Gasteiger partial charge on any atom is -0.398 e. The number of anilines is 3. The van der Waals surface area contributed by atoms with Crippen LogP contribution in [0.15, 0.2) is 60.8 Å². The third kappa shape index (κ3) is 4.62. The Balaban J connectivity index is 1.34. The van der Waals surface area contributed by atoms with Gasteiger partial charge in [-0.05, 0) is 36.5 Å². The molecule has 1 aliphatic rings. The van der Waals surface area contributed by atoms with Gasteiger partial charge in [0.15, 0.2) is 5.65 Å². The van der Waals surface area contributed by atoms with Gasteiger partial charge in [0.25, 0.3) is 5.91 Å². The highest BCUT2D eigenvalue weighted by molar-refractivity contribution is 6.36. The van der Waals surface area contributed by atoms with Crippen molar-refractivity contribution in [3.8, 4) is 11.3 Å². The predicted octanol–water partition coefficient (Wildman–Crippen LogP) is 2.45. The Labute approximate surface area is 210 Å². The molecule has 0 aliphatic carbocycles. The van der Waals surface area contributed by atoms with E-state index in [9.17, 15) is 9.59 Å². The number of piperidine rings is 1. The van der Waals surface area contributed by atoms with Crippen molar-refractivity contribution in [2.24, 2.45) is 0 Å². The minimum absolute atomic E-state index is 0.0919.